The molecule has 3 aromatic rings. The molecule has 13 heteroatoms. The summed E-state index contributed by atoms with van der Waals surface area (Å²) in [6, 6.07) is 5.99. The van der Waals surface area contributed by atoms with E-state index in [1.54, 1.807) is 0 Å². The number of benzene rings is 1. The Morgan fingerprint density at radius 1 is 1.18 bits per heavy atom. The van der Waals surface area contributed by atoms with E-state index in [0.29, 0.717) is 6.07 Å². The van der Waals surface area contributed by atoms with Gasteiger partial charge < -0.3 is 10.1 Å². The summed E-state index contributed by atoms with van der Waals surface area (Å²) < 4.78 is 78.4. The fraction of sp³-hybridized carbons (Fsp3) is 0.150. The van der Waals surface area contributed by atoms with Gasteiger partial charge in [-0.25, -0.2) is 19.0 Å². The summed E-state index contributed by atoms with van der Waals surface area (Å²) in [7, 11) is -3.18. The van der Waals surface area contributed by atoms with Crippen LogP contribution in [0.15, 0.2) is 47.6 Å². The van der Waals surface area contributed by atoms with Crippen LogP contribution in [0, 0.1) is 17.7 Å². The summed E-state index contributed by atoms with van der Waals surface area (Å²) in [6.07, 6.45) is -2.48. The van der Waals surface area contributed by atoms with Crippen molar-refractivity contribution in [2.75, 3.05) is 11.6 Å². The molecule has 0 saturated heterocycles. The average molecular weight is 503 g/mol. The molecule has 0 bridgehead atoms. The Bertz CT molecular complexity index is 1350. The Balaban J connectivity index is 2.06. The van der Waals surface area contributed by atoms with Crippen LogP contribution in [-0.2, 0) is 15.9 Å². The number of halogens is 5. The Morgan fingerprint density at radius 3 is 2.48 bits per heavy atom. The molecule has 0 radical (unpaired) electrons. The summed E-state index contributed by atoms with van der Waals surface area (Å²) in [5, 5.41) is 1.58. The van der Waals surface area contributed by atoms with Crippen LogP contribution < -0.4 is 10.1 Å². The van der Waals surface area contributed by atoms with E-state index in [2.05, 4.69) is 15.3 Å². The highest BCUT2D eigenvalue weighted by Crippen LogP contribution is 2.40. The smallest absolute Gasteiger partial charge is 0.417 e. The lowest BCUT2D eigenvalue weighted by Gasteiger charge is -2.17. The third-order valence-corrected chi connectivity index (χ3v) is 5.57. The third kappa shape index (κ3) is 5.76. The van der Waals surface area contributed by atoms with E-state index in [1.165, 1.54) is 25.3 Å². The number of nitrogens with zero attached hydrogens (tertiary/aromatic N) is 2. The van der Waals surface area contributed by atoms with Crippen LogP contribution in [0.25, 0.3) is 0 Å². The van der Waals surface area contributed by atoms with E-state index in [1.807, 2.05) is 0 Å². The van der Waals surface area contributed by atoms with E-state index < -0.39 is 44.1 Å². The predicted molar refractivity (Wildman–Crippen MR) is 113 cm³/mol. The first-order valence-corrected chi connectivity index (χ1v) is 11.3. The van der Waals surface area contributed by atoms with Gasteiger partial charge in [-0.05, 0) is 43.3 Å². The Labute approximate surface area is 190 Å². The minimum Gasteiger partial charge on any atom is -0.455 e. The zero-order chi connectivity index (χ0) is 24.6. The number of anilines is 1. The molecule has 1 aromatic carbocycles. The molecule has 0 fully saturated rings. The highest BCUT2D eigenvalue weighted by atomic mass is 35.5. The third-order valence-electron chi connectivity index (χ3n) is 4.23. The number of pyridine rings is 2. The highest BCUT2D eigenvalue weighted by molar-refractivity contribution is 7.91. The van der Waals surface area contributed by atoms with Gasteiger partial charge in [-0.2, -0.15) is 17.6 Å². The second kappa shape index (κ2) is 8.94. The number of aromatic nitrogens is 2. The minimum absolute atomic E-state index is 0.0387. The summed E-state index contributed by atoms with van der Waals surface area (Å²) in [6.45, 7) is 1.38. The average Bonchev–Trinajstić information content (AvgIpc) is 2.69. The second-order valence-corrected chi connectivity index (χ2v) is 9.34. The van der Waals surface area contributed by atoms with Crippen LogP contribution in [0.3, 0.4) is 0 Å². The van der Waals surface area contributed by atoms with Gasteiger partial charge in [-0.15, -0.1) is 0 Å². The maximum absolute atomic E-state index is 13.4. The molecule has 0 spiro atoms. The number of ether oxygens (including phenoxy) is 1. The lowest BCUT2D eigenvalue weighted by atomic mass is 10.1. The molecule has 2 N–H and O–H groups in total. The molecular weight excluding hydrogens is 488 g/mol. The van der Waals surface area contributed by atoms with Gasteiger partial charge in [-0.1, -0.05) is 11.6 Å². The van der Waals surface area contributed by atoms with Crippen molar-refractivity contribution in [3.63, 3.8) is 0 Å². The Kier molecular flexibility index (Phi) is 6.61. The quantitative estimate of drug-likeness (QED) is 0.345. The molecule has 7 nitrogen and oxygen atoms in total. The van der Waals surface area contributed by atoms with Crippen molar-refractivity contribution in [1.82, 2.24) is 9.97 Å². The molecule has 2 heterocycles. The molecule has 2 aromatic heterocycles. The largest absolute Gasteiger partial charge is 0.455 e. The lowest BCUT2D eigenvalue weighted by Crippen LogP contribution is -2.15. The molecule has 0 aliphatic rings. The lowest BCUT2D eigenvalue weighted by molar-refractivity contribution is -0.137. The van der Waals surface area contributed by atoms with Crippen LogP contribution >= 0.6 is 11.6 Å². The van der Waals surface area contributed by atoms with Crippen LogP contribution in [0.4, 0.5) is 23.2 Å². The van der Waals surface area contributed by atoms with Crippen LogP contribution in [0.2, 0.25) is 5.02 Å². The summed E-state index contributed by atoms with van der Waals surface area (Å²) >= 11 is 5.78. The van der Waals surface area contributed by atoms with E-state index in [9.17, 15) is 26.6 Å². The molecule has 0 unspecified atom stereocenters. The van der Waals surface area contributed by atoms with Crippen molar-refractivity contribution >= 4 is 32.9 Å². The Morgan fingerprint density at radius 2 is 1.88 bits per heavy atom. The molecule has 1 atom stereocenters. The molecule has 33 heavy (non-hydrogen) atoms. The first-order valence-electron chi connectivity index (χ1n) is 8.98. The fourth-order valence-corrected chi connectivity index (χ4v) is 3.56. The SMILES string of the molecule is Cc1nc(F)ccc1Oc1cc(C(F)(F)F)c(Cl)cc1C(=O)Nc1ccnc([S@](C)(=N)=O)c1. The minimum atomic E-state index is -4.84. The standard InChI is InChI=1S/C20H15ClF4N4O3S/c1-10-15(3-4-17(22)28-10)32-16-9-13(20(23,24)25)14(21)8-12(16)19(30)29-11-5-6-27-18(7-11)33(2,26)31/h3-9,26H,1-2H3,(H,27,29,30)/t33-/m1/s1. The summed E-state index contributed by atoms with van der Waals surface area (Å²) in [5.41, 5.74) is -1.47. The van der Waals surface area contributed by atoms with Gasteiger partial charge in [0.05, 0.1) is 31.6 Å². The van der Waals surface area contributed by atoms with Gasteiger partial charge in [0.2, 0.25) is 5.95 Å². The molecule has 3 rings (SSSR count). The molecule has 1 amide bonds. The van der Waals surface area contributed by atoms with Gasteiger partial charge in [0.1, 0.15) is 16.5 Å². The number of amides is 1. The first-order chi connectivity index (χ1) is 15.3. The number of alkyl halides is 3. The molecular formula is C20H15ClF4N4O3S. The van der Waals surface area contributed by atoms with Crippen molar-refractivity contribution in [3.05, 3.63) is 70.4 Å². The van der Waals surface area contributed by atoms with E-state index in [0.717, 1.165) is 24.5 Å². The Hall–Kier alpha value is -3.25. The summed E-state index contributed by atoms with van der Waals surface area (Å²) in [4.78, 5) is 20.2. The zero-order valence-electron chi connectivity index (χ0n) is 17.0. The summed E-state index contributed by atoms with van der Waals surface area (Å²) in [5.74, 6) is -2.31. The first kappa shape index (κ1) is 24.4. The second-order valence-electron chi connectivity index (χ2n) is 6.83. The van der Waals surface area contributed by atoms with Crippen LogP contribution in [-0.4, -0.2) is 26.3 Å². The van der Waals surface area contributed by atoms with Crippen molar-refractivity contribution < 1.29 is 31.3 Å². The normalized spacial score (nSPS) is 13.3. The number of hydrogen-bond acceptors (Lipinski definition) is 6. The van der Waals surface area contributed by atoms with Gasteiger partial charge in [0.25, 0.3) is 5.91 Å². The van der Waals surface area contributed by atoms with Crippen LogP contribution in [0.5, 0.6) is 11.5 Å². The van der Waals surface area contributed by atoms with Gasteiger partial charge in [0.15, 0.2) is 0 Å². The van der Waals surface area contributed by atoms with E-state index >= 15 is 0 Å². The monoisotopic (exact) mass is 502 g/mol. The number of carbonyl (C=O) groups excluding carboxylic acids is 1. The zero-order valence-corrected chi connectivity index (χ0v) is 18.5. The number of carbonyl (C=O) groups is 1. The number of hydrogen-bond donors (Lipinski definition) is 2. The molecule has 0 saturated carbocycles. The number of rotatable bonds is 5. The molecule has 0 aliphatic carbocycles. The predicted octanol–water partition coefficient (Wildman–Crippen LogP) is 5.68. The maximum atomic E-state index is 13.4. The number of aryl methyl sites for hydroxylation is 1. The molecule has 174 valence electrons. The van der Waals surface area contributed by atoms with Crippen molar-refractivity contribution in [3.8, 4) is 11.5 Å². The fourth-order valence-electron chi connectivity index (χ4n) is 2.68. The van der Waals surface area contributed by atoms with Crippen molar-refractivity contribution in [2.24, 2.45) is 0 Å². The van der Waals surface area contributed by atoms with Crippen LogP contribution in [0.1, 0.15) is 21.6 Å². The van der Waals surface area contributed by atoms with Crippen molar-refractivity contribution in [2.45, 2.75) is 18.1 Å². The topological polar surface area (TPSA) is 105 Å². The molecule has 0 aliphatic heterocycles. The van der Waals surface area contributed by atoms with E-state index in [4.69, 9.17) is 21.1 Å². The maximum Gasteiger partial charge on any atom is 0.417 e. The van der Waals surface area contributed by atoms with Crippen molar-refractivity contribution in [1.29, 1.82) is 4.78 Å². The van der Waals surface area contributed by atoms with E-state index in [-0.39, 0.29) is 27.7 Å². The highest BCUT2D eigenvalue weighted by Gasteiger charge is 2.35. The van der Waals surface area contributed by atoms with Gasteiger partial charge in [0, 0.05) is 18.1 Å². The number of nitrogens with one attached hydrogen (secondary N) is 2. The van der Waals surface area contributed by atoms with Gasteiger partial charge in [-0.3, -0.25) is 4.79 Å². The van der Waals surface area contributed by atoms with Gasteiger partial charge >= 0.3 is 6.18 Å².